The highest BCUT2D eigenvalue weighted by molar-refractivity contribution is 6.13. The van der Waals surface area contributed by atoms with Crippen LogP contribution < -0.4 is 19.4 Å². The van der Waals surface area contributed by atoms with E-state index in [0.717, 1.165) is 152 Å². The summed E-state index contributed by atoms with van der Waals surface area (Å²) in [4.78, 5) is 36.5. The van der Waals surface area contributed by atoms with Crippen molar-refractivity contribution in [2.75, 3.05) is 14.7 Å². The number of benzene rings is 18. The Morgan fingerprint density at radius 2 is 0.427 bits per heavy atom. The van der Waals surface area contributed by atoms with Gasteiger partial charge in [-0.15, -0.1) is 10.2 Å². The smallest absolute Gasteiger partial charge is 0.238 e. The first-order valence-corrected chi connectivity index (χ1v) is 43.6. The van der Waals surface area contributed by atoms with Gasteiger partial charge in [-0.1, -0.05) is 303 Å². The number of rotatable bonds is 14. The minimum atomic E-state index is 0.590. The Labute approximate surface area is 756 Å². The molecule has 5 aromatic heterocycles. The van der Waals surface area contributed by atoms with Crippen molar-refractivity contribution in [2.24, 2.45) is 0 Å². The molecule has 131 heavy (non-hydrogen) atoms. The summed E-state index contributed by atoms with van der Waals surface area (Å²) < 4.78 is 12.8. The molecule has 0 aliphatic carbocycles. The van der Waals surface area contributed by atoms with E-state index < -0.39 is 0 Å². The van der Waals surface area contributed by atoms with E-state index in [0.29, 0.717) is 35.1 Å². The predicted molar refractivity (Wildman–Crippen MR) is 531 cm³/mol. The topological polar surface area (TPSA) is 137 Å². The van der Waals surface area contributed by atoms with E-state index in [1.54, 1.807) is 0 Å². The molecule has 0 saturated carbocycles. The van der Waals surface area contributed by atoms with Crippen LogP contribution in [-0.4, -0.2) is 53.8 Å². The van der Waals surface area contributed by atoms with Gasteiger partial charge < -0.3 is 24.0 Å². The minimum Gasteiger partial charge on any atom is -0.453 e. The molecular formula is C116H78N14O. The molecule has 15 nitrogen and oxygen atoms in total. The first kappa shape index (κ1) is 77.7. The summed E-state index contributed by atoms with van der Waals surface area (Å²) in [5, 5.41) is 14.1. The molecule has 18 aromatic carbocycles. The molecule has 0 bridgehead atoms. The Bertz CT molecular complexity index is 7900. The molecule has 0 fully saturated rings. The summed E-state index contributed by atoms with van der Waals surface area (Å²) in [7, 11) is 0. The van der Waals surface area contributed by atoms with Gasteiger partial charge in [0.1, 0.15) is 0 Å². The van der Waals surface area contributed by atoms with Crippen LogP contribution in [0.4, 0.5) is 51.2 Å². The van der Waals surface area contributed by atoms with Crippen molar-refractivity contribution < 1.29 is 4.74 Å². The summed E-state index contributed by atoms with van der Waals surface area (Å²) >= 11 is 0. The zero-order chi connectivity index (χ0) is 86.9. The zero-order valence-electron chi connectivity index (χ0n) is 70.7. The van der Waals surface area contributed by atoms with E-state index in [1.807, 2.05) is 194 Å². The molecule has 7 heterocycles. The van der Waals surface area contributed by atoms with Gasteiger partial charge in [0.05, 0.1) is 56.2 Å². The predicted octanol–water partition coefficient (Wildman–Crippen LogP) is 29.4. The monoisotopic (exact) mass is 1680 g/mol. The number of hydrogen-bond donors (Lipinski definition) is 0. The van der Waals surface area contributed by atoms with Gasteiger partial charge in [0.2, 0.25) is 5.95 Å². The summed E-state index contributed by atoms with van der Waals surface area (Å²) in [6.45, 7) is 0. The number of aromatic nitrogens is 11. The third kappa shape index (κ3) is 14.7. The maximum Gasteiger partial charge on any atom is 0.238 e. The van der Waals surface area contributed by atoms with Crippen LogP contribution in [0.5, 0.6) is 11.5 Å². The molecule has 15 heteroatoms. The van der Waals surface area contributed by atoms with Gasteiger partial charge in [-0.05, 0) is 181 Å². The average molecular weight is 1680 g/mol. The van der Waals surface area contributed by atoms with E-state index >= 15 is 0 Å². The molecule has 2 aliphatic heterocycles. The van der Waals surface area contributed by atoms with Crippen molar-refractivity contribution in [3.8, 4) is 120 Å². The fraction of sp³-hybridized carbons (Fsp3) is 0. The largest absolute Gasteiger partial charge is 0.453 e. The standard InChI is InChI=1S/C45H29N5.C38H27N5.C33H22N4O/c1-4-14-30(15-5-1)43-46-44(31-16-6-2-7-17-31)48-45(47-43)50-40-23-13-11-21-36(40)38-29-33(25-27-42(38)50)32-24-26-41-37(28-32)35-20-10-12-22-39(35)49(41)34-18-8-3-9-19-34;1-4-14-28(15-5-1)37-39-40-38(43(37)31-18-8-3-9-19-31)29-24-26-32(27-25-29)42-35-22-12-10-20-33(35)41(30-16-6-2-7-17-30)34-21-11-13-23-36(34)42;1-3-11-23(12-4-1)31-34-32(24-13-5-2-6-14-24)36-33(35-31)25-19-21-26(22-20-25)37-27-15-7-9-17-29(27)38-30-18-10-8-16-28(30)37/h1-29H;1-27H;1-22H. The Morgan fingerprint density at radius 3 is 0.832 bits per heavy atom. The lowest BCUT2D eigenvalue weighted by atomic mass is 10.0. The molecule has 23 aromatic rings. The third-order valence-corrected chi connectivity index (χ3v) is 23.9. The van der Waals surface area contributed by atoms with Crippen molar-refractivity contribution in [3.63, 3.8) is 0 Å². The van der Waals surface area contributed by atoms with Crippen molar-refractivity contribution >= 4 is 94.8 Å². The first-order chi connectivity index (χ1) is 65.0. The van der Waals surface area contributed by atoms with Gasteiger partial charge >= 0.3 is 0 Å². The summed E-state index contributed by atoms with van der Waals surface area (Å²) in [5.74, 6) is 7.06. The zero-order valence-corrected chi connectivity index (χ0v) is 70.7. The van der Waals surface area contributed by atoms with Crippen LogP contribution in [0.15, 0.2) is 473 Å². The summed E-state index contributed by atoms with van der Waals surface area (Å²) in [6.07, 6.45) is 0. The Hall–Kier alpha value is -18.1. The molecule has 618 valence electrons. The lowest BCUT2D eigenvalue weighted by Crippen LogP contribution is -2.23. The quantitative estimate of drug-likeness (QED) is 0.102. The van der Waals surface area contributed by atoms with E-state index in [4.69, 9.17) is 34.6 Å². The van der Waals surface area contributed by atoms with Crippen molar-refractivity contribution in [1.82, 2.24) is 53.8 Å². The van der Waals surface area contributed by atoms with Crippen LogP contribution in [0.25, 0.3) is 152 Å². The van der Waals surface area contributed by atoms with Crippen LogP contribution in [0, 0.1) is 0 Å². The number of fused-ring (bicyclic) bond motifs is 10. The normalized spacial score (nSPS) is 11.8. The number of para-hydroxylation sites is 13. The van der Waals surface area contributed by atoms with Crippen LogP contribution in [0.2, 0.25) is 0 Å². The highest BCUT2D eigenvalue weighted by atomic mass is 16.5. The molecule has 0 spiro atoms. The van der Waals surface area contributed by atoms with Crippen molar-refractivity contribution in [1.29, 1.82) is 0 Å². The van der Waals surface area contributed by atoms with E-state index in [9.17, 15) is 0 Å². The molecule has 0 saturated heterocycles. The van der Waals surface area contributed by atoms with E-state index in [1.165, 1.54) is 27.4 Å². The number of ether oxygens (including phenoxy) is 1. The highest BCUT2D eigenvalue weighted by Gasteiger charge is 2.32. The van der Waals surface area contributed by atoms with Crippen LogP contribution in [0.1, 0.15) is 0 Å². The maximum absolute atomic E-state index is 6.16. The molecule has 0 radical (unpaired) electrons. The molecule has 0 atom stereocenters. The lowest BCUT2D eigenvalue weighted by Gasteiger charge is -2.40. The van der Waals surface area contributed by atoms with E-state index in [-0.39, 0.29) is 0 Å². The first-order valence-electron chi connectivity index (χ1n) is 43.6. The van der Waals surface area contributed by atoms with Gasteiger partial charge in [-0.25, -0.2) is 19.9 Å². The lowest BCUT2D eigenvalue weighted by molar-refractivity contribution is 0.477. The number of nitrogens with zero attached hydrogens (tertiary/aromatic N) is 14. The van der Waals surface area contributed by atoms with Gasteiger partial charge in [0.25, 0.3) is 0 Å². The molecule has 0 N–H and O–H groups in total. The number of anilines is 9. The van der Waals surface area contributed by atoms with Crippen molar-refractivity contribution in [2.45, 2.75) is 0 Å². The second-order valence-corrected chi connectivity index (χ2v) is 31.9. The van der Waals surface area contributed by atoms with E-state index in [2.05, 4.69) is 318 Å². The number of hydrogen-bond acceptors (Lipinski definition) is 12. The van der Waals surface area contributed by atoms with Gasteiger partial charge in [0.15, 0.2) is 52.3 Å². The third-order valence-electron chi connectivity index (χ3n) is 23.9. The molecule has 2 aliphatic rings. The molecule has 25 rings (SSSR count). The Morgan fingerprint density at radius 1 is 0.168 bits per heavy atom. The minimum absolute atomic E-state index is 0.590. The second-order valence-electron chi connectivity index (χ2n) is 31.9. The SMILES string of the molecule is c1ccc(-c2nc(-c3ccccc3)nc(-c3ccc(N4c5ccccc5Oc5ccccc54)cc3)n2)cc1.c1ccc(-c2nc(-c3ccccc3)nc(-n3c4ccccc4c4cc(-c5ccc6c(c5)c5ccccc5n6-c5ccccc5)ccc43)n2)cc1.c1ccc(-c2nnc(-c3ccc(N4c5ccccc5N(c5ccccc5)c5ccccc54)cc3)n2-c2ccccc2)cc1. The van der Waals surface area contributed by atoms with Crippen LogP contribution in [0.3, 0.4) is 0 Å². The maximum atomic E-state index is 6.16. The van der Waals surface area contributed by atoms with Gasteiger partial charge in [-0.3, -0.25) is 9.13 Å². The summed E-state index contributed by atoms with van der Waals surface area (Å²) in [6, 6.07) is 163. The van der Waals surface area contributed by atoms with Crippen LogP contribution in [-0.2, 0) is 0 Å². The summed E-state index contributed by atoms with van der Waals surface area (Å²) in [5.41, 5.74) is 25.4. The van der Waals surface area contributed by atoms with Crippen LogP contribution >= 0.6 is 0 Å². The fourth-order valence-corrected chi connectivity index (χ4v) is 17.9. The molecule has 0 unspecified atom stereocenters. The second kappa shape index (κ2) is 34.1. The average Bonchev–Trinajstić information content (AvgIpc) is 1.57. The Kier molecular flexibility index (Phi) is 20.2. The Balaban J connectivity index is 0.000000113. The van der Waals surface area contributed by atoms with Gasteiger partial charge in [0, 0.05) is 88.9 Å². The fourth-order valence-electron chi connectivity index (χ4n) is 17.9. The molecular weight excluding hydrogens is 1610 g/mol. The van der Waals surface area contributed by atoms with Crippen molar-refractivity contribution in [3.05, 3.63) is 473 Å². The van der Waals surface area contributed by atoms with Gasteiger partial charge in [-0.2, -0.15) is 9.97 Å². The molecule has 0 amide bonds. The highest BCUT2D eigenvalue weighted by Crippen LogP contribution is 2.55.